The molecule has 0 spiro atoms. The Kier molecular flexibility index (Phi) is 14.8. The Labute approximate surface area is 167 Å². The van der Waals surface area contributed by atoms with Crippen molar-refractivity contribution >= 4 is 11.8 Å². The van der Waals surface area contributed by atoms with Crippen molar-refractivity contribution in [3.63, 3.8) is 0 Å². The molecule has 0 atom stereocenters. The highest BCUT2D eigenvalue weighted by atomic mass is 16.5. The van der Waals surface area contributed by atoms with Crippen molar-refractivity contribution in [2.45, 2.75) is 96.8 Å². The number of hydrogen-bond acceptors (Lipinski definition) is 4. The van der Waals surface area contributed by atoms with Crippen LogP contribution in [0.4, 0.5) is 0 Å². The Balaban J connectivity index is 2.00. The van der Waals surface area contributed by atoms with E-state index in [0.29, 0.717) is 13.0 Å². The molecule has 0 amide bonds. The third kappa shape index (κ3) is 12.6. The number of esters is 1. The lowest BCUT2D eigenvalue weighted by molar-refractivity contribution is -0.143. The van der Waals surface area contributed by atoms with Gasteiger partial charge in [-0.05, 0) is 25.7 Å². The van der Waals surface area contributed by atoms with Crippen LogP contribution in [0.3, 0.4) is 0 Å². The maximum absolute atomic E-state index is 11.8. The van der Waals surface area contributed by atoms with Crippen LogP contribution in [0.2, 0.25) is 0 Å². The van der Waals surface area contributed by atoms with Gasteiger partial charge in [0.15, 0.2) is 0 Å². The van der Waals surface area contributed by atoms with Gasteiger partial charge in [-0.25, -0.2) is 0 Å². The number of aliphatic imine (C=N–C) groups is 1. The minimum atomic E-state index is -0.0466. The molecule has 27 heavy (non-hydrogen) atoms. The fourth-order valence-electron chi connectivity index (χ4n) is 3.50. The minimum absolute atomic E-state index is 0.0466. The van der Waals surface area contributed by atoms with E-state index in [1.54, 1.807) is 0 Å². The molecule has 1 aliphatic heterocycles. The van der Waals surface area contributed by atoms with Crippen molar-refractivity contribution in [3.05, 3.63) is 12.7 Å². The van der Waals surface area contributed by atoms with Gasteiger partial charge in [-0.3, -0.25) is 9.79 Å². The number of unbranched alkanes of at least 4 members (excludes halogenated alkanes) is 10. The first-order valence-electron chi connectivity index (χ1n) is 11.3. The predicted molar refractivity (Wildman–Crippen MR) is 115 cm³/mol. The first-order valence-corrected chi connectivity index (χ1v) is 11.3. The summed E-state index contributed by atoms with van der Waals surface area (Å²) in [5.74, 6) is 1.18. The highest BCUT2D eigenvalue weighted by Gasteiger charge is 2.16. The fourth-order valence-corrected chi connectivity index (χ4v) is 3.50. The molecule has 1 heterocycles. The van der Waals surface area contributed by atoms with Crippen molar-refractivity contribution in [1.29, 1.82) is 0 Å². The first kappa shape index (κ1) is 23.7. The normalized spacial score (nSPS) is 13.7. The van der Waals surface area contributed by atoms with Crippen LogP contribution in [0.1, 0.15) is 96.8 Å². The van der Waals surface area contributed by atoms with Crippen LogP contribution in [0, 0.1) is 0 Å². The molecule has 0 aromatic carbocycles. The van der Waals surface area contributed by atoms with Gasteiger partial charge in [0.05, 0.1) is 18.9 Å². The Morgan fingerprint density at radius 3 is 2.56 bits per heavy atom. The first-order chi connectivity index (χ1) is 13.3. The quantitative estimate of drug-likeness (QED) is 0.169. The standard InChI is InChI=1S/C23H42N2O2/c1-3-5-7-9-11-13-15-17-23(26)27-21-20-25-19-18-24-22(25)16-14-12-10-8-6-4-2/h3H,1,4-21H2,2H3. The largest absolute Gasteiger partial charge is 0.464 e. The van der Waals surface area contributed by atoms with Gasteiger partial charge in [0.25, 0.3) is 0 Å². The molecule has 0 N–H and O–H groups in total. The molecule has 1 aliphatic rings. The highest BCUT2D eigenvalue weighted by Crippen LogP contribution is 2.12. The van der Waals surface area contributed by atoms with Gasteiger partial charge in [-0.1, -0.05) is 64.4 Å². The summed E-state index contributed by atoms with van der Waals surface area (Å²) in [6, 6.07) is 0. The number of amidine groups is 1. The van der Waals surface area contributed by atoms with Gasteiger partial charge in [0.1, 0.15) is 6.61 Å². The van der Waals surface area contributed by atoms with Gasteiger partial charge in [-0.2, -0.15) is 0 Å². The van der Waals surface area contributed by atoms with Crippen LogP contribution >= 0.6 is 0 Å². The SMILES string of the molecule is C=CCCCCCCCC(=O)OCCN1CCN=C1CCCCCCCC. The second kappa shape index (κ2) is 16.8. The zero-order valence-corrected chi connectivity index (χ0v) is 17.7. The van der Waals surface area contributed by atoms with E-state index in [1.165, 1.54) is 63.6 Å². The lowest BCUT2D eigenvalue weighted by atomic mass is 10.1. The number of rotatable bonds is 18. The molecule has 0 aromatic heterocycles. The Hall–Kier alpha value is -1.32. The monoisotopic (exact) mass is 378 g/mol. The predicted octanol–water partition coefficient (Wildman–Crippen LogP) is 5.91. The van der Waals surface area contributed by atoms with Crippen LogP contribution in [0.5, 0.6) is 0 Å². The smallest absolute Gasteiger partial charge is 0.305 e. The van der Waals surface area contributed by atoms with E-state index >= 15 is 0 Å². The zero-order valence-electron chi connectivity index (χ0n) is 17.7. The number of nitrogens with zero attached hydrogens (tertiary/aromatic N) is 2. The van der Waals surface area contributed by atoms with Crippen LogP contribution < -0.4 is 0 Å². The Bertz CT molecular complexity index is 421. The highest BCUT2D eigenvalue weighted by molar-refractivity contribution is 5.83. The van der Waals surface area contributed by atoms with E-state index < -0.39 is 0 Å². The molecule has 0 aromatic rings. The zero-order chi connectivity index (χ0) is 19.6. The molecule has 1 rings (SSSR count). The van der Waals surface area contributed by atoms with Gasteiger partial charge >= 0.3 is 5.97 Å². The summed E-state index contributed by atoms with van der Waals surface area (Å²) in [4.78, 5) is 18.8. The van der Waals surface area contributed by atoms with Crippen molar-refractivity contribution in [3.8, 4) is 0 Å². The molecule has 0 unspecified atom stereocenters. The summed E-state index contributed by atoms with van der Waals surface area (Å²) in [7, 11) is 0. The van der Waals surface area contributed by atoms with Crippen LogP contribution in [0.25, 0.3) is 0 Å². The van der Waals surface area contributed by atoms with E-state index in [2.05, 4.69) is 23.4 Å². The van der Waals surface area contributed by atoms with Crippen LogP contribution in [-0.2, 0) is 9.53 Å². The number of hydrogen-bond donors (Lipinski definition) is 0. The van der Waals surface area contributed by atoms with Gasteiger partial charge in [0.2, 0.25) is 0 Å². The molecule has 156 valence electrons. The number of carbonyl (C=O) groups is 1. The molecule has 0 bridgehead atoms. The summed E-state index contributed by atoms with van der Waals surface area (Å²) < 4.78 is 5.42. The molecule has 0 fully saturated rings. The minimum Gasteiger partial charge on any atom is -0.464 e. The summed E-state index contributed by atoms with van der Waals surface area (Å²) in [5, 5.41) is 0. The number of allylic oxidation sites excluding steroid dienone is 1. The van der Waals surface area contributed by atoms with E-state index in [1.807, 2.05) is 6.08 Å². The Morgan fingerprint density at radius 2 is 1.78 bits per heavy atom. The molecule has 0 aliphatic carbocycles. The van der Waals surface area contributed by atoms with E-state index in [-0.39, 0.29) is 5.97 Å². The molecule has 0 radical (unpaired) electrons. The number of carbonyl (C=O) groups excluding carboxylic acids is 1. The molecule has 4 heteroatoms. The molecule has 4 nitrogen and oxygen atoms in total. The van der Waals surface area contributed by atoms with Crippen molar-refractivity contribution in [2.75, 3.05) is 26.2 Å². The molecular weight excluding hydrogens is 336 g/mol. The van der Waals surface area contributed by atoms with Crippen molar-refractivity contribution in [1.82, 2.24) is 4.90 Å². The Morgan fingerprint density at radius 1 is 1.07 bits per heavy atom. The maximum Gasteiger partial charge on any atom is 0.305 e. The maximum atomic E-state index is 11.8. The van der Waals surface area contributed by atoms with E-state index in [0.717, 1.165) is 45.3 Å². The molecule has 0 saturated carbocycles. The average Bonchev–Trinajstić information content (AvgIpc) is 3.11. The lowest BCUT2D eigenvalue weighted by Crippen LogP contribution is -2.31. The van der Waals surface area contributed by atoms with E-state index in [9.17, 15) is 4.79 Å². The number of ether oxygens (including phenoxy) is 1. The third-order valence-electron chi connectivity index (χ3n) is 5.20. The fraction of sp³-hybridized carbons (Fsp3) is 0.826. The third-order valence-corrected chi connectivity index (χ3v) is 5.20. The second-order valence-electron chi connectivity index (χ2n) is 7.62. The van der Waals surface area contributed by atoms with E-state index in [4.69, 9.17) is 4.74 Å². The topological polar surface area (TPSA) is 41.9 Å². The van der Waals surface area contributed by atoms with Crippen molar-refractivity contribution < 1.29 is 9.53 Å². The lowest BCUT2D eigenvalue weighted by Gasteiger charge is -2.20. The summed E-state index contributed by atoms with van der Waals surface area (Å²) >= 11 is 0. The summed E-state index contributed by atoms with van der Waals surface area (Å²) in [5.41, 5.74) is 0. The van der Waals surface area contributed by atoms with Crippen molar-refractivity contribution in [2.24, 2.45) is 4.99 Å². The second-order valence-corrected chi connectivity index (χ2v) is 7.62. The van der Waals surface area contributed by atoms with Gasteiger partial charge in [0, 0.05) is 19.4 Å². The average molecular weight is 379 g/mol. The molecule has 0 saturated heterocycles. The molecular formula is C23H42N2O2. The van der Waals surface area contributed by atoms with Crippen LogP contribution in [0.15, 0.2) is 17.6 Å². The summed E-state index contributed by atoms with van der Waals surface area (Å²) in [6.45, 7) is 9.15. The summed E-state index contributed by atoms with van der Waals surface area (Å²) in [6.07, 6.45) is 18.3. The van der Waals surface area contributed by atoms with Gasteiger partial charge < -0.3 is 9.64 Å². The van der Waals surface area contributed by atoms with Crippen LogP contribution in [-0.4, -0.2) is 42.9 Å². The van der Waals surface area contributed by atoms with Gasteiger partial charge in [-0.15, -0.1) is 6.58 Å².